The Labute approximate surface area is 153 Å². The van der Waals surface area contributed by atoms with Crippen molar-refractivity contribution in [2.75, 3.05) is 31.1 Å². The standard InChI is InChI=1S/C20H24N4S/c1-15(2)17-5-3-16(4-6-17)13-23-8-10-24(11-9-23)19-18-7-12-25-20(18)22-14-21-19/h3-7,12,14-15H,8-11,13H2,1-2H3/p+1. The zero-order valence-corrected chi connectivity index (χ0v) is 15.7. The molecule has 0 aliphatic carbocycles. The summed E-state index contributed by atoms with van der Waals surface area (Å²) >= 11 is 1.69. The van der Waals surface area contributed by atoms with E-state index in [1.54, 1.807) is 22.6 Å². The Kier molecular flexibility index (Phi) is 4.68. The lowest BCUT2D eigenvalue weighted by Gasteiger charge is -2.33. The monoisotopic (exact) mass is 353 g/mol. The topological polar surface area (TPSA) is 33.5 Å². The van der Waals surface area contributed by atoms with Crippen LogP contribution >= 0.6 is 11.3 Å². The predicted octanol–water partition coefficient (Wildman–Crippen LogP) is 2.72. The number of rotatable bonds is 4. The minimum absolute atomic E-state index is 0.603. The van der Waals surface area contributed by atoms with Gasteiger partial charge in [-0.25, -0.2) is 9.97 Å². The third kappa shape index (κ3) is 3.53. The van der Waals surface area contributed by atoms with Crippen molar-refractivity contribution in [2.24, 2.45) is 0 Å². The van der Waals surface area contributed by atoms with E-state index in [0.29, 0.717) is 5.92 Å². The van der Waals surface area contributed by atoms with Crippen molar-refractivity contribution in [3.8, 4) is 0 Å². The molecular formula is C20H25N4S+. The van der Waals surface area contributed by atoms with Crippen LogP contribution in [-0.2, 0) is 6.54 Å². The number of nitrogens with zero attached hydrogens (tertiary/aromatic N) is 3. The SMILES string of the molecule is CC(C)c1ccc(C[NH+]2CCN(c3ncnc4sccc34)CC2)cc1. The lowest BCUT2D eigenvalue weighted by atomic mass is 10.0. The number of benzene rings is 1. The number of quaternary nitrogens is 1. The van der Waals surface area contributed by atoms with Crippen LogP contribution in [0.4, 0.5) is 5.82 Å². The largest absolute Gasteiger partial charge is 0.345 e. The van der Waals surface area contributed by atoms with E-state index < -0.39 is 0 Å². The number of hydrogen-bond acceptors (Lipinski definition) is 4. The average molecular weight is 354 g/mol. The number of anilines is 1. The maximum Gasteiger partial charge on any atom is 0.141 e. The fraction of sp³-hybridized carbons (Fsp3) is 0.400. The van der Waals surface area contributed by atoms with Crippen LogP contribution in [-0.4, -0.2) is 36.1 Å². The summed E-state index contributed by atoms with van der Waals surface area (Å²) in [6, 6.07) is 11.3. The summed E-state index contributed by atoms with van der Waals surface area (Å²) in [6.07, 6.45) is 1.70. The predicted molar refractivity (Wildman–Crippen MR) is 105 cm³/mol. The Balaban J connectivity index is 1.39. The molecule has 1 saturated heterocycles. The smallest absolute Gasteiger partial charge is 0.141 e. The quantitative estimate of drug-likeness (QED) is 0.783. The number of piperazine rings is 1. The van der Waals surface area contributed by atoms with Crippen LogP contribution in [0.3, 0.4) is 0 Å². The van der Waals surface area contributed by atoms with Gasteiger partial charge < -0.3 is 9.80 Å². The molecular weight excluding hydrogens is 328 g/mol. The zero-order valence-electron chi connectivity index (χ0n) is 14.9. The van der Waals surface area contributed by atoms with E-state index in [1.165, 1.54) is 16.5 Å². The second-order valence-corrected chi connectivity index (χ2v) is 8.04. The van der Waals surface area contributed by atoms with Crippen molar-refractivity contribution in [3.05, 3.63) is 53.2 Å². The highest BCUT2D eigenvalue weighted by Gasteiger charge is 2.22. The molecule has 1 fully saturated rings. The first kappa shape index (κ1) is 16.5. The van der Waals surface area contributed by atoms with Gasteiger partial charge in [0.05, 0.1) is 31.6 Å². The van der Waals surface area contributed by atoms with E-state index in [9.17, 15) is 0 Å². The summed E-state index contributed by atoms with van der Waals surface area (Å²) in [5.74, 6) is 1.71. The van der Waals surface area contributed by atoms with Gasteiger partial charge in [0, 0.05) is 5.56 Å². The Morgan fingerprint density at radius 2 is 1.84 bits per heavy atom. The Morgan fingerprint density at radius 1 is 1.08 bits per heavy atom. The molecule has 0 bridgehead atoms. The maximum atomic E-state index is 4.55. The second-order valence-electron chi connectivity index (χ2n) is 7.15. The highest BCUT2D eigenvalue weighted by atomic mass is 32.1. The minimum atomic E-state index is 0.603. The third-order valence-corrected chi connectivity index (χ3v) is 5.93. The van der Waals surface area contributed by atoms with Crippen molar-refractivity contribution < 1.29 is 4.90 Å². The summed E-state index contributed by atoms with van der Waals surface area (Å²) in [6.45, 7) is 10.0. The van der Waals surface area contributed by atoms with Crippen LogP contribution in [0.15, 0.2) is 42.0 Å². The number of nitrogens with one attached hydrogen (secondary N) is 1. The van der Waals surface area contributed by atoms with Gasteiger partial charge in [0.1, 0.15) is 23.5 Å². The molecule has 0 saturated carbocycles. The van der Waals surface area contributed by atoms with Gasteiger partial charge >= 0.3 is 0 Å². The van der Waals surface area contributed by atoms with E-state index in [4.69, 9.17) is 0 Å². The third-order valence-electron chi connectivity index (χ3n) is 5.11. The van der Waals surface area contributed by atoms with Gasteiger partial charge in [0.25, 0.3) is 0 Å². The molecule has 1 aromatic carbocycles. The molecule has 0 radical (unpaired) electrons. The average Bonchev–Trinajstić information content (AvgIpc) is 3.12. The van der Waals surface area contributed by atoms with Gasteiger partial charge in [-0.2, -0.15) is 0 Å². The molecule has 2 aromatic heterocycles. The molecule has 5 heteroatoms. The van der Waals surface area contributed by atoms with Crippen molar-refractivity contribution >= 4 is 27.4 Å². The van der Waals surface area contributed by atoms with E-state index >= 15 is 0 Å². The molecule has 0 spiro atoms. The Morgan fingerprint density at radius 3 is 2.56 bits per heavy atom. The zero-order chi connectivity index (χ0) is 17.2. The molecule has 4 rings (SSSR count). The molecule has 0 amide bonds. The van der Waals surface area contributed by atoms with E-state index in [2.05, 4.69) is 64.4 Å². The van der Waals surface area contributed by atoms with Gasteiger partial charge in [0.2, 0.25) is 0 Å². The summed E-state index contributed by atoms with van der Waals surface area (Å²) in [4.78, 5) is 14.1. The van der Waals surface area contributed by atoms with Crippen LogP contribution in [0.5, 0.6) is 0 Å². The van der Waals surface area contributed by atoms with Crippen molar-refractivity contribution in [2.45, 2.75) is 26.3 Å². The minimum Gasteiger partial charge on any atom is -0.345 e. The molecule has 3 aromatic rings. The second kappa shape index (κ2) is 7.10. The van der Waals surface area contributed by atoms with Crippen LogP contribution in [0.25, 0.3) is 10.2 Å². The number of hydrogen-bond donors (Lipinski definition) is 1. The molecule has 1 aliphatic rings. The molecule has 1 aliphatic heterocycles. The van der Waals surface area contributed by atoms with E-state index in [0.717, 1.165) is 43.4 Å². The van der Waals surface area contributed by atoms with Crippen LogP contribution < -0.4 is 9.80 Å². The number of thiophene rings is 1. The molecule has 0 atom stereocenters. The lowest BCUT2D eigenvalue weighted by molar-refractivity contribution is -0.914. The van der Waals surface area contributed by atoms with Gasteiger partial charge in [-0.15, -0.1) is 11.3 Å². The normalized spacial score (nSPS) is 16.0. The first-order valence-electron chi connectivity index (χ1n) is 9.06. The van der Waals surface area contributed by atoms with Gasteiger partial charge in [-0.05, 0) is 22.9 Å². The fourth-order valence-electron chi connectivity index (χ4n) is 3.55. The van der Waals surface area contributed by atoms with Crippen LogP contribution in [0, 0.1) is 0 Å². The first-order chi connectivity index (χ1) is 12.2. The van der Waals surface area contributed by atoms with Crippen LogP contribution in [0.2, 0.25) is 0 Å². The van der Waals surface area contributed by atoms with Gasteiger partial charge in [0.15, 0.2) is 0 Å². The first-order valence-corrected chi connectivity index (χ1v) is 9.94. The highest BCUT2D eigenvalue weighted by Crippen LogP contribution is 2.26. The van der Waals surface area contributed by atoms with Gasteiger partial charge in [-0.1, -0.05) is 38.1 Å². The van der Waals surface area contributed by atoms with Crippen LogP contribution in [0.1, 0.15) is 30.9 Å². The lowest BCUT2D eigenvalue weighted by Crippen LogP contribution is -3.13. The molecule has 130 valence electrons. The highest BCUT2D eigenvalue weighted by molar-refractivity contribution is 7.16. The molecule has 3 heterocycles. The summed E-state index contributed by atoms with van der Waals surface area (Å²) in [5.41, 5.74) is 2.86. The van der Waals surface area contributed by atoms with Crippen molar-refractivity contribution in [1.29, 1.82) is 0 Å². The Bertz CT molecular complexity index is 832. The molecule has 25 heavy (non-hydrogen) atoms. The van der Waals surface area contributed by atoms with Gasteiger partial charge in [-0.3, -0.25) is 0 Å². The Hall–Kier alpha value is -1.98. The van der Waals surface area contributed by atoms with Crippen molar-refractivity contribution in [3.63, 3.8) is 0 Å². The fourth-order valence-corrected chi connectivity index (χ4v) is 4.28. The van der Waals surface area contributed by atoms with E-state index in [-0.39, 0.29) is 0 Å². The number of aromatic nitrogens is 2. The summed E-state index contributed by atoms with van der Waals surface area (Å²) in [5, 5.41) is 3.30. The maximum absolute atomic E-state index is 4.55. The number of fused-ring (bicyclic) bond motifs is 1. The molecule has 4 nitrogen and oxygen atoms in total. The van der Waals surface area contributed by atoms with E-state index in [1.807, 2.05) is 0 Å². The summed E-state index contributed by atoms with van der Waals surface area (Å²) < 4.78 is 0. The molecule has 0 unspecified atom stereocenters. The summed E-state index contributed by atoms with van der Waals surface area (Å²) in [7, 11) is 0. The van der Waals surface area contributed by atoms with Crippen molar-refractivity contribution in [1.82, 2.24) is 9.97 Å². The molecule has 1 N–H and O–H groups in total.